The Morgan fingerprint density at radius 2 is 1.85 bits per heavy atom. The summed E-state index contributed by atoms with van der Waals surface area (Å²) >= 11 is 12.3. The summed E-state index contributed by atoms with van der Waals surface area (Å²) in [7, 11) is 0. The second-order valence-electron chi connectivity index (χ2n) is 5.49. The Morgan fingerprint density at radius 3 is 2.58 bits per heavy atom. The van der Waals surface area contributed by atoms with E-state index in [1.807, 2.05) is 18.2 Å². The van der Waals surface area contributed by atoms with Crippen LogP contribution in [0.2, 0.25) is 10.0 Å². The maximum Gasteiger partial charge on any atom is 0.249 e. The molecule has 1 N–H and O–H groups in total. The summed E-state index contributed by atoms with van der Waals surface area (Å²) in [4.78, 5) is 12.0. The molecule has 0 unspecified atom stereocenters. The smallest absolute Gasteiger partial charge is 0.249 e. The average molecular weight is 390 g/mol. The van der Waals surface area contributed by atoms with Crippen molar-refractivity contribution in [3.05, 3.63) is 87.8 Å². The van der Waals surface area contributed by atoms with E-state index in [0.717, 1.165) is 5.56 Å². The van der Waals surface area contributed by atoms with Crippen LogP contribution in [-0.2, 0) is 11.3 Å². The molecule has 132 valence electrons. The van der Waals surface area contributed by atoms with Crippen LogP contribution in [0.15, 0.2) is 60.8 Å². The van der Waals surface area contributed by atoms with Crippen LogP contribution >= 0.6 is 23.2 Å². The van der Waals surface area contributed by atoms with Gasteiger partial charge in [0, 0.05) is 17.3 Å². The lowest BCUT2D eigenvalue weighted by Gasteiger charge is -2.04. The van der Waals surface area contributed by atoms with Gasteiger partial charge in [0.1, 0.15) is 10.8 Å². The van der Waals surface area contributed by atoms with Crippen molar-refractivity contribution < 1.29 is 9.18 Å². The number of halogens is 3. The fourth-order valence-electron chi connectivity index (χ4n) is 2.27. The molecule has 1 amide bonds. The Hall–Kier alpha value is -2.63. The van der Waals surface area contributed by atoms with Crippen LogP contribution in [-0.4, -0.2) is 15.7 Å². The van der Waals surface area contributed by atoms with Crippen molar-refractivity contribution in [2.75, 3.05) is 5.32 Å². The molecule has 0 atom stereocenters. The van der Waals surface area contributed by atoms with Gasteiger partial charge in [0.2, 0.25) is 5.91 Å². The molecule has 4 nitrogen and oxygen atoms in total. The summed E-state index contributed by atoms with van der Waals surface area (Å²) in [5.41, 5.74) is 1.60. The van der Waals surface area contributed by atoms with Gasteiger partial charge in [0.25, 0.3) is 0 Å². The number of nitrogens with one attached hydrogen (secondary N) is 1. The van der Waals surface area contributed by atoms with E-state index in [1.165, 1.54) is 18.2 Å². The molecule has 0 saturated heterocycles. The Bertz CT molecular complexity index is 952. The van der Waals surface area contributed by atoms with Gasteiger partial charge in [-0.15, -0.1) is 0 Å². The van der Waals surface area contributed by atoms with Crippen molar-refractivity contribution in [3.63, 3.8) is 0 Å². The molecule has 7 heteroatoms. The van der Waals surface area contributed by atoms with Crippen LogP contribution in [0.5, 0.6) is 0 Å². The first-order chi connectivity index (χ1) is 12.5. The van der Waals surface area contributed by atoms with Gasteiger partial charge in [-0.05, 0) is 35.4 Å². The van der Waals surface area contributed by atoms with Crippen molar-refractivity contribution in [1.29, 1.82) is 0 Å². The Labute approximate surface area is 159 Å². The average Bonchev–Trinajstić information content (AvgIpc) is 2.95. The number of anilines is 1. The van der Waals surface area contributed by atoms with Gasteiger partial charge < -0.3 is 5.32 Å². The molecule has 3 rings (SSSR count). The van der Waals surface area contributed by atoms with Gasteiger partial charge in [0.15, 0.2) is 5.82 Å². The number of hydrogen-bond acceptors (Lipinski definition) is 2. The highest BCUT2D eigenvalue weighted by Gasteiger charge is 2.10. The predicted octanol–water partition coefficient (Wildman–Crippen LogP) is 5.03. The minimum absolute atomic E-state index is 0.257. The molecule has 1 heterocycles. The third-order valence-corrected chi connectivity index (χ3v) is 4.19. The highest BCUT2D eigenvalue weighted by molar-refractivity contribution is 6.33. The Kier molecular flexibility index (Phi) is 5.71. The lowest BCUT2D eigenvalue weighted by molar-refractivity contribution is -0.111. The SMILES string of the molecule is O=C(/C=C/c1ccc(F)cc1)Nc1nn(Cc2ccccc2Cl)cc1Cl. The zero-order chi connectivity index (χ0) is 18.5. The third-order valence-electron chi connectivity index (χ3n) is 3.55. The molecule has 3 aromatic rings. The highest BCUT2D eigenvalue weighted by Crippen LogP contribution is 2.22. The molecule has 0 fully saturated rings. The molecule has 0 saturated carbocycles. The second-order valence-corrected chi connectivity index (χ2v) is 6.30. The van der Waals surface area contributed by atoms with Crippen LogP contribution in [0.3, 0.4) is 0 Å². The van der Waals surface area contributed by atoms with E-state index in [2.05, 4.69) is 10.4 Å². The van der Waals surface area contributed by atoms with E-state index in [1.54, 1.807) is 35.2 Å². The van der Waals surface area contributed by atoms with Crippen molar-refractivity contribution in [1.82, 2.24) is 9.78 Å². The number of benzene rings is 2. The molecule has 0 radical (unpaired) electrons. The topological polar surface area (TPSA) is 46.9 Å². The van der Waals surface area contributed by atoms with Crippen LogP contribution in [0.25, 0.3) is 6.08 Å². The lowest BCUT2D eigenvalue weighted by Crippen LogP contribution is -2.09. The number of carbonyl (C=O) groups excluding carboxylic acids is 1. The third kappa shape index (κ3) is 4.71. The van der Waals surface area contributed by atoms with Crippen LogP contribution in [0.1, 0.15) is 11.1 Å². The van der Waals surface area contributed by atoms with Gasteiger partial charge >= 0.3 is 0 Å². The summed E-state index contributed by atoms with van der Waals surface area (Å²) in [6.07, 6.45) is 4.52. The predicted molar refractivity (Wildman–Crippen MR) is 102 cm³/mol. The second kappa shape index (κ2) is 8.17. The normalized spacial score (nSPS) is 11.0. The molecular formula is C19H14Cl2FN3O. The first kappa shape index (κ1) is 18.2. The van der Waals surface area contributed by atoms with Gasteiger partial charge in [-0.1, -0.05) is 53.5 Å². The van der Waals surface area contributed by atoms with Crippen LogP contribution in [0.4, 0.5) is 10.2 Å². The Balaban J connectivity index is 1.66. The summed E-state index contributed by atoms with van der Waals surface area (Å²) < 4.78 is 14.5. The summed E-state index contributed by atoms with van der Waals surface area (Å²) in [5, 5.41) is 7.83. The van der Waals surface area contributed by atoms with Crippen molar-refractivity contribution in [2.24, 2.45) is 0 Å². The van der Waals surface area contributed by atoms with Crippen molar-refractivity contribution in [3.8, 4) is 0 Å². The first-order valence-electron chi connectivity index (χ1n) is 7.72. The van der Waals surface area contributed by atoms with E-state index in [0.29, 0.717) is 22.2 Å². The zero-order valence-corrected chi connectivity index (χ0v) is 15.0. The number of nitrogens with zero attached hydrogens (tertiary/aromatic N) is 2. The molecule has 0 spiro atoms. The summed E-state index contributed by atoms with van der Waals surface area (Å²) in [5.74, 6) is -0.464. The molecular weight excluding hydrogens is 376 g/mol. The monoisotopic (exact) mass is 389 g/mol. The van der Waals surface area contributed by atoms with Gasteiger partial charge in [-0.2, -0.15) is 5.10 Å². The van der Waals surface area contributed by atoms with E-state index >= 15 is 0 Å². The molecule has 0 aliphatic carbocycles. The van der Waals surface area contributed by atoms with Crippen LogP contribution < -0.4 is 5.32 Å². The maximum absolute atomic E-state index is 12.9. The van der Waals surface area contributed by atoms with E-state index in [9.17, 15) is 9.18 Å². The molecule has 0 aliphatic heterocycles. The zero-order valence-electron chi connectivity index (χ0n) is 13.5. The minimum Gasteiger partial charge on any atom is -0.304 e. The van der Waals surface area contributed by atoms with Gasteiger partial charge in [0.05, 0.1) is 6.54 Å². The first-order valence-corrected chi connectivity index (χ1v) is 8.48. The quantitative estimate of drug-likeness (QED) is 0.622. The maximum atomic E-state index is 12.9. The van der Waals surface area contributed by atoms with Crippen molar-refractivity contribution >= 4 is 41.0 Å². The summed E-state index contributed by atoms with van der Waals surface area (Å²) in [6, 6.07) is 13.2. The van der Waals surface area contributed by atoms with E-state index in [-0.39, 0.29) is 17.5 Å². The standard InChI is InChI=1S/C19H14Cl2FN3O/c20-16-4-2-1-3-14(16)11-25-12-17(21)19(24-25)23-18(26)10-7-13-5-8-15(22)9-6-13/h1-10,12H,11H2,(H,23,24,26)/b10-7+. The molecule has 0 aliphatic rings. The molecule has 2 aromatic carbocycles. The summed E-state index contributed by atoms with van der Waals surface area (Å²) in [6.45, 7) is 0.431. The Morgan fingerprint density at radius 1 is 1.12 bits per heavy atom. The highest BCUT2D eigenvalue weighted by atomic mass is 35.5. The number of amides is 1. The van der Waals surface area contributed by atoms with E-state index in [4.69, 9.17) is 23.2 Å². The van der Waals surface area contributed by atoms with Crippen LogP contribution in [0, 0.1) is 5.82 Å². The fourth-order valence-corrected chi connectivity index (χ4v) is 2.66. The largest absolute Gasteiger partial charge is 0.304 e. The molecule has 1 aromatic heterocycles. The lowest BCUT2D eigenvalue weighted by atomic mass is 10.2. The number of hydrogen-bond donors (Lipinski definition) is 1. The fraction of sp³-hybridized carbons (Fsp3) is 0.0526. The molecule has 26 heavy (non-hydrogen) atoms. The van der Waals surface area contributed by atoms with Gasteiger partial charge in [-0.3, -0.25) is 9.48 Å². The van der Waals surface area contributed by atoms with E-state index < -0.39 is 0 Å². The molecule has 0 bridgehead atoms. The van der Waals surface area contributed by atoms with Gasteiger partial charge in [-0.25, -0.2) is 4.39 Å². The number of carbonyl (C=O) groups is 1. The minimum atomic E-state index is -0.390. The number of rotatable bonds is 5. The number of aromatic nitrogens is 2. The van der Waals surface area contributed by atoms with Crippen molar-refractivity contribution in [2.45, 2.75) is 6.54 Å².